The minimum Gasteiger partial charge on any atom is -0.372 e. The summed E-state index contributed by atoms with van der Waals surface area (Å²) in [6, 6.07) is 1.29. The molecule has 1 aromatic carbocycles. The second-order valence-corrected chi connectivity index (χ2v) is 4.69. The van der Waals surface area contributed by atoms with Crippen LogP contribution in [0.4, 0.5) is 20.2 Å². The maximum absolute atomic E-state index is 13.6. The van der Waals surface area contributed by atoms with Gasteiger partial charge in [-0.1, -0.05) is 0 Å². The highest BCUT2D eigenvalue weighted by Crippen LogP contribution is 2.29. The van der Waals surface area contributed by atoms with Gasteiger partial charge in [-0.05, 0) is 6.92 Å². The van der Waals surface area contributed by atoms with Gasteiger partial charge in [0.15, 0.2) is 5.82 Å². The molecule has 0 amide bonds. The number of hydrogen-bond donors (Lipinski definition) is 1. The Hall–Kier alpha value is -2.09. The molecule has 0 spiro atoms. The highest BCUT2D eigenvalue weighted by atomic mass is 32.1. The average Bonchev–Trinajstić information content (AvgIpc) is 2.73. The normalized spacial score (nSPS) is 10.5. The van der Waals surface area contributed by atoms with E-state index in [1.165, 1.54) is 11.3 Å². The Morgan fingerprint density at radius 1 is 1.47 bits per heavy atom. The molecule has 0 aliphatic carbocycles. The van der Waals surface area contributed by atoms with Crippen molar-refractivity contribution in [2.45, 2.75) is 13.5 Å². The van der Waals surface area contributed by atoms with Crippen molar-refractivity contribution in [2.24, 2.45) is 0 Å². The van der Waals surface area contributed by atoms with Crippen LogP contribution >= 0.6 is 11.3 Å². The molecule has 5 nitrogen and oxygen atoms in total. The summed E-state index contributed by atoms with van der Waals surface area (Å²) in [5.74, 6) is -1.97. The van der Waals surface area contributed by atoms with Gasteiger partial charge in [0.25, 0.3) is 5.69 Å². The van der Waals surface area contributed by atoms with Crippen LogP contribution in [0.5, 0.6) is 0 Å². The highest BCUT2D eigenvalue weighted by molar-refractivity contribution is 7.09. The molecule has 0 saturated heterocycles. The average molecular weight is 285 g/mol. The number of aromatic nitrogens is 1. The Balaban J connectivity index is 2.29. The number of rotatable bonds is 4. The van der Waals surface area contributed by atoms with Crippen molar-refractivity contribution in [1.82, 2.24) is 4.98 Å². The SMILES string of the molecule is Cc1ncsc1CNc1c(F)cc(F)cc1[N+](=O)[O-]. The first kappa shape index (κ1) is 13.3. The molecule has 100 valence electrons. The molecule has 2 aromatic rings. The van der Waals surface area contributed by atoms with E-state index in [0.717, 1.165) is 10.6 Å². The monoisotopic (exact) mass is 285 g/mol. The molecular formula is C11H9F2N3O2S. The lowest BCUT2D eigenvalue weighted by Gasteiger charge is -2.07. The van der Waals surface area contributed by atoms with Gasteiger partial charge in [-0.2, -0.15) is 0 Å². The summed E-state index contributed by atoms with van der Waals surface area (Å²) in [6.07, 6.45) is 0. The Bertz CT molecular complexity index is 630. The molecule has 1 N–H and O–H groups in total. The van der Waals surface area contributed by atoms with Gasteiger partial charge in [-0.25, -0.2) is 13.8 Å². The fraction of sp³-hybridized carbons (Fsp3) is 0.182. The Morgan fingerprint density at radius 3 is 2.79 bits per heavy atom. The number of nitro benzene ring substituents is 1. The lowest BCUT2D eigenvalue weighted by molar-refractivity contribution is -0.384. The standard InChI is InChI=1S/C11H9F2N3O2S/c1-6-10(19-5-15-6)4-14-11-8(13)2-7(12)3-9(11)16(17)18/h2-3,5,14H,4H2,1H3. The molecule has 0 unspecified atom stereocenters. The third-order valence-corrected chi connectivity index (χ3v) is 3.44. The third kappa shape index (κ3) is 2.84. The van der Waals surface area contributed by atoms with Crippen LogP contribution in [0, 0.1) is 28.7 Å². The van der Waals surface area contributed by atoms with E-state index in [4.69, 9.17) is 0 Å². The number of aryl methyl sites for hydroxylation is 1. The van der Waals surface area contributed by atoms with Gasteiger partial charge in [0.05, 0.1) is 28.7 Å². The van der Waals surface area contributed by atoms with Crippen molar-refractivity contribution in [3.8, 4) is 0 Å². The summed E-state index contributed by atoms with van der Waals surface area (Å²) < 4.78 is 26.5. The number of anilines is 1. The largest absolute Gasteiger partial charge is 0.372 e. The number of benzene rings is 1. The van der Waals surface area contributed by atoms with Crippen molar-refractivity contribution < 1.29 is 13.7 Å². The van der Waals surface area contributed by atoms with Crippen LogP contribution in [0.15, 0.2) is 17.6 Å². The van der Waals surface area contributed by atoms with Gasteiger partial charge in [-0.3, -0.25) is 10.1 Å². The van der Waals surface area contributed by atoms with Crippen molar-refractivity contribution in [3.63, 3.8) is 0 Å². The summed E-state index contributed by atoms with van der Waals surface area (Å²) in [5.41, 5.74) is 1.45. The fourth-order valence-corrected chi connectivity index (χ4v) is 2.26. The molecule has 0 fully saturated rings. The minimum atomic E-state index is -0.992. The van der Waals surface area contributed by atoms with E-state index in [9.17, 15) is 18.9 Å². The van der Waals surface area contributed by atoms with Crippen molar-refractivity contribution >= 4 is 22.7 Å². The molecule has 0 saturated carbocycles. The van der Waals surface area contributed by atoms with Crippen LogP contribution in [0.1, 0.15) is 10.6 Å². The van der Waals surface area contributed by atoms with E-state index in [2.05, 4.69) is 10.3 Å². The number of nitro groups is 1. The second kappa shape index (κ2) is 5.27. The van der Waals surface area contributed by atoms with E-state index in [1.54, 1.807) is 12.4 Å². The predicted octanol–water partition coefficient (Wildman–Crippen LogP) is 3.25. The number of hydrogen-bond acceptors (Lipinski definition) is 5. The Labute approximate surface area is 111 Å². The third-order valence-electron chi connectivity index (χ3n) is 2.50. The summed E-state index contributed by atoms with van der Waals surface area (Å²) in [7, 11) is 0. The smallest absolute Gasteiger partial charge is 0.298 e. The highest BCUT2D eigenvalue weighted by Gasteiger charge is 2.20. The predicted molar refractivity (Wildman–Crippen MR) is 67.2 cm³/mol. The van der Waals surface area contributed by atoms with E-state index in [0.29, 0.717) is 12.1 Å². The van der Waals surface area contributed by atoms with Crippen LogP contribution < -0.4 is 5.32 Å². The zero-order valence-corrected chi connectivity index (χ0v) is 10.6. The Morgan fingerprint density at radius 2 is 2.21 bits per heavy atom. The van der Waals surface area contributed by atoms with E-state index in [-0.39, 0.29) is 12.2 Å². The van der Waals surface area contributed by atoms with Crippen LogP contribution in [-0.4, -0.2) is 9.91 Å². The van der Waals surface area contributed by atoms with E-state index >= 15 is 0 Å². The first-order valence-corrected chi connectivity index (χ1v) is 6.13. The van der Waals surface area contributed by atoms with Crippen molar-refractivity contribution in [2.75, 3.05) is 5.32 Å². The number of nitrogens with zero attached hydrogens (tertiary/aromatic N) is 2. The second-order valence-electron chi connectivity index (χ2n) is 3.75. The maximum atomic E-state index is 13.6. The molecule has 0 bridgehead atoms. The maximum Gasteiger partial charge on any atom is 0.298 e. The fourth-order valence-electron chi connectivity index (χ4n) is 1.54. The van der Waals surface area contributed by atoms with E-state index < -0.39 is 22.2 Å². The van der Waals surface area contributed by atoms with Crippen LogP contribution in [-0.2, 0) is 6.54 Å². The van der Waals surface area contributed by atoms with Gasteiger partial charge < -0.3 is 5.32 Å². The van der Waals surface area contributed by atoms with Crippen LogP contribution in [0.25, 0.3) is 0 Å². The zero-order valence-electron chi connectivity index (χ0n) is 9.81. The van der Waals surface area contributed by atoms with E-state index in [1.807, 2.05) is 0 Å². The van der Waals surface area contributed by atoms with Gasteiger partial charge >= 0.3 is 0 Å². The Kier molecular flexibility index (Phi) is 3.70. The zero-order chi connectivity index (χ0) is 14.0. The molecule has 8 heteroatoms. The quantitative estimate of drug-likeness (QED) is 0.691. The number of halogens is 2. The molecule has 0 atom stereocenters. The first-order valence-electron chi connectivity index (χ1n) is 5.25. The molecule has 1 aromatic heterocycles. The lowest BCUT2D eigenvalue weighted by Crippen LogP contribution is -2.05. The van der Waals surface area contributed by atoms with Gasteiger partial charge in [0.1, 0.15) is 11.5 Å². The van der Waals surface area contributed by atoms with Gasteiger partial charge in [0.2, 0.25) is 0 Å². The molecule has 19 heavy (non-hydrogen) atoms. The summed E-state index contributed by atoms with van der Waals surface area (Å²) in [4.78, 5) is 14.8. The number of nitrogens with one attached hydrogen (secondary N) is 1. The van der Waals surface area contributed by atoms with Gasteiger partial charge in [-0.15, -0.1) is 11.3 Å². The lowest BCUT2D eigenvalue weighted by atomic mass is 10.2. The summed E-state index contributed by atoms with van der Waals surface area (Å²) in [5, 5.41) is 13.4. The minimum absolute atomic E-state index is 0.194. The van der Waals surface area contributed by atoms with Crippen molar-refractivity contribution in [3.05, 3.63) is 50.0 Å². The number of thiazole rings is 1. The molecule has 1 heterocycles. The first-order chi connectivity index (χ1) is 8.99. The van der Waals surface area contributed by atoms with Crippen molar-refractivity contribution in [1.29, 1.82) is 0 Å². The van der Waals surface area contributed by atoms with Gasteiger partial charge in [0, 0.05) is 10.9 Å². The molecule has 0 radical (unpaired) electrons. The topological polar surface area (TPSA) is 68.1 Å². The molecule has 2 rings (SSSR count). The summed E-state index contributed by atoms with van der Waals surface area (Å²) >= 11 is 1.35. The molecule has 0 aliphatic rings. The molecule has 0 aliphatic heterocycles. The van der Waals surface area contributed by atoms with Crippen LogP contribution in [0.2, 0.25) is 0 Å². The molecular weight excluding hydrogens is 276 g/mol. The summed E-state index contributed by atoms with van der Waals surface area (Å²) in [6.45, 7) is 1.98. The van der Waals surface area contributed by atoms with Crippen LogP contribution in [0.3, 0.4) is 0 Å².